The fourth-order valence-corrected chi connectivity index (χ4v) is 2.15. The summed E-state index contributed by atoms with van der Waals surface area (Å²) in [6.45, 7) is 0. The van der Waals surface area contributed by atoms with E-state index < -0.39 is 5.82 Å². The monoisotopic (exact) mass is 355 g/mol. The minimum Gasteiger partial charge on any atom is -0.204 e. The zero-order valence-electron chi connectivity index (χ0n) is 5.54. The maximum Gasteiger partial charge on any atom is 0.152 e. The quantitative estimate of drug-likeness (QED) is 0.509. The third-order valence-electron chi connectivity index (χ3n) is 1.22. The number of rotatable bonds is 0. The zero-order chi connectivity index (χ0) is 9.30. The van der Waals surface area contributed by atoms with E-state index >= 15 is 0 Å². The van der Waals surface area contributed by atoms with Crippen molar-refractivity contribution in [2.24, 2.45) is 0 Å². The second-order valence-electron chi connectivity index (χ2n) is 1.96. The van der Waals surface area contributed by atoms with Gasteiger partial charge >= 0.3 is 0 Å². The summed E-state index contributed by atoms with van der Waals surface area (Å²) in [6.07, 6.45) is 0. The summed E-state index contributed by atoms with van der Waals surface area (Å²) >= 11 is 9.11. The first-order valence-corrected chi connectivity index (χ1v) is 5.19. The van der Waals surface area contributed by atoms with E-state index in [0.29, 0.717) is 10.0 Å². The van der Waals surface area contributed by atoms with Crippen LogP contribution in [0.2, 0.25) is 0 Å². The van der Waals surface area contributed by atoms with Crippen molar-refractivity contribution in [3.8, 4) is 6.07 Å². The molecule has 1 rings (SSSR count). The van der Waals surface area contributed by atoms with Crippen LogP contribution in [0.3, 0.4) is 0 Å². The van der Waals surface area contributed by atoms with Crippen molar-refractivity contribution in [1.82, 2.24) is 0 Å². The number of nitriles is 1. The number of hydrogen-bond donors (Lipinski definition) is 0. The van der Waals surface area contributed by atoms with E-state index in [1.54, 1.807) is 0 Å². The summed E-state index contributed by atoms with van der Waals surface area (Å²) in [4.78, 5) is 0. The third-order valence-corrected chi connectivity index (χ3v) is 3.90. The van der Waals surface area contributed by atoms with Crippen LogP contribution in [-0.2, 0) is 0 Å². The van der Waals surface area contributed by atoms with E-state index in [2.05, 4.69) is 47.8 Å². The SMILES string of the molecule is N#Cc1cc(Br)c(F)c(Br)c1Br. The van der Waals surface area contributed by atoms with E-state index in [1.165, 1.54) is 6.07 Å². The smallest absolute Gasteiger partial charge is 0.152 e. The van der Waals surface area contributed by atoms with Crippen LogP contribution in [0, 0.1) is 17.1 Å². The number of halogens is 4. The molecule has 0 amide bonds. The van der Waals surface area contributed by atoms with Crippen LogP contribution in [0.5, 0.6) is 0 Å². The molecular formula is C7HBr3FN. The molecule has 0 unspecified atom stereocenters. The third kappa shape index (κ3) is 1.70. The fourth-order valence-electron chi connectivity index (χ4n) is 0.654. The highest BCUT2D eigenvalue weighted by atomic mass is 79.9. The molecule has 0 fully saturated rings. The summed E-state index contributed by atoms with van der Waals surface area (Å²) in [5.41, 5.74) is 0.384. The van der Waals surface area contributed by atoms with Gasteiger partial charge in [0.1, 0.15) is 6.07 Å². The van der Waals surface area contributed by atoms with Crippen LogP contribution in [0.15, 0.2) is 19.5 Å². The van der Waals surface area contributed by atoms with Gasteiger partial charge in [-0.2, -0.15) is 5.26 Å². The van der Waals surface area contributed by atoms with E-state index in [0.717, 1.165) is 0 Å². The standard InChI is InChI=1S/C7HBr3FN/c8-4-1-3(2-12)5(9)6(10)7(4)11/h1H. The Kier molecular flexibility index (Phi) is 3.27. The van der Waals surface area contributed by atoms with Crippen LogP contribution in [0.4, 0.5) is 4.39 Å². The van der Waals surface area contributed by atoms with Gasteiger partial charge in [-0.3, -0.25) is 0 Å². The molecule has 0 spiro atoms. The van der Waals surface area contributed by atoms with Gasteiger partial charge in [0.25, 0.3) is 0 Å². The maximum atomic E-state index is 13.1. The number of nitrogens with zero attached hydrogens (tertiary/aromatic N) is 1. The van der Waals surface area contributed by atoms with Crippen LogP contribution >= 0.6 is 47.8 Å². The topological polar surface area (TPSA) is 23.8 Å². The molecule has 0 heterocycles. The lowest BCUT2D eigenvalue weighted by Gasteiger charge is -2.02. The second kappa shape index (κ2) is 3.86. The highest BCUT2D eigenvalue weighted by molar-refractivity contribution is 9.13. The molecule has 0 aliphatic rings. The van der Waals surface area contributed by atoms with Crippen molar-refractivity contribution in [3.05, 3.63) is 30.9 Å². The van der Waals surface area contributed by atoms with Gasteiger partial charge < -0.3 is 0 Å². The lowest BCUT2D eigenvalue weighted by molar-refractivity contribution is 0.613. The van der Waals surface area contributed by atoms with E-state index in [-0.39, 0.29) is 8.95 Å². The molecule has 62 valence electrons. The van der Waals surface area contributed by atoms with E-state index in [1.807, 2.05) is 6.07 Å². The summed E-state index contributed by atoms with van der Waals surface area (Å²) in [5, 5.41) is 8.61. The van der Waals surface area contributed by atoms with Gasteiger partial charge in [0.15, 0.2) is 5.82 Å². The Balaban J connectivity index is 3.52. The molecule has 0 N–H and O–H groups in total. The summed E-state index contributed by atoms with van der Waals surface area (Å²) in [6, 6.07) is 3.35. The first-order chi connectivity index (χ1) is 5.57. The molecule has 0 saturated heterocycles. The molecule has 1 aromatic rings. The fraction of sp³-hybridized carbons (Fsp3) is 0. The zero-order valence-corrected chi connectivity index (χ0v) is 10.3. The predicted molar refractivity (Wildman–Crippen MR) is 54.2 cm³/mol. The Morgan fingerprint density at radius 2 is 1.83 bits per heavy atom. The van der Waals surface area contributed by atoms with Crippen molar-refractivity contribution in [1.29, 1.82) is 5.26 Å². The minimum atomic E-state index is -0.416. The first kappa shape index (κ1) is 10.2. The van der Waals surface area contributed by atoms with Gasteiger partial charge in [0.05, 0.1) is 19.0 Å². The average molecular weight is 358 g/mol. The predicted octanol–water partition coefficient (Wildman–Crippen LogP) is 3.98. The Morgan fingerprint density at radius 1 is 1.25 bits per heavy atom. The van der Waals surface area contributed by atoms with E-state index in [4.69, 9.17) is 5.26 Å². The molecule has 1 nitrogen and oxygen atoms in total. The molecule has 0 atom stereocenters. The highest BCUT2D eigenvalue weighted by Gasteiger charge is 2.12. The van der Waals surface area contributed by atoms with Crippen molar-refractivity contribution >= 4 is 47.8 Å². The van der Waals surface area contributed by atoms with Crippen molar-refractivity contribution in [2.45, 2.75) is 0 Å². The van der Waals surface area contributed by atoms with Crippen LogP contribution in [0.1, 0.15) is 5.56 Å². The maximum absolute atomic E-state index is 13.1. The van der Waals surface area contributed by atoms with Gasteiger partial charge in [-0.1, -0.05) is 0 Å². The summed E-state index contributed by atoms with van der Waals surface area (Å²) < 4.78 is 14.0. The van der Waals surface area contributed by atoms with Gasteiger partial charge in [0, 0.05) is 0 Å². The lowest BCUT2D eigenvalue weighted by Crippen LogP contribution is -1.86. The minimum absolute atomic E-state index is 0.258. The number of hydrogen-bond acceptors (Lipinski definition) is 1. The van der Waals surface area contributed by atoms with Crippen molar-refractivity contribution in [3.63, 3.8) is 0 Å². The largest absolute Gasteiger partial charge is 0.204 e. The van der Waals surface area contributed by atoms with Gasteiger partial charge in [-0.25, -0.2) is 4.39 Å². The van der Waals surface area contributed by atoms with Crippen molar-refractivity contribution in [2.75, 3.05) is 0 Å². The summed E-state index contributed by atoms with van der Waals surface area (Å²) in [5.74, 6) is -0.416. The normalized spacial score (nSPS) is 9.58. The van der Waals surface area contributed by atoms with Gasteiger partial charge in [-0.15, -0.1) is 0 Å². The number of benzene rings is 1. The highest BCUT2D eigenvalue weighted by Crippen LogP contribution is 2.33. The van der Waals surface area contributed by atoms with Crippen LogP contribution < -0.4 is 0 Å². The molecule has 0 aromatic heterocycles. The molecule has 12 heavy (non-hydrogen) atoms. The Labute approximate surface area is 94.0 Å². The molecule has 0 aliphatic heterocycles. The molecule has 0 bridgehead atoms. The Hall–Kier alpha value is 0.0800. The second-order valence-corrected chi connectivity index (χ2v) is 4.40. The van der Waals surface area contributed by atoms with Crippen LogP contribution in [-0.4, -0.2) is 0 Å². The molecule has 0 aliphatic carbocycles. The summed E-state index contributed by atoms with van der Waals surface area (Å²) in [7, 11) is 0. The molecule has 0 saturated carbocycles. The Bertz CT molecular complexity index is 370. The van der Waals surface area contributed by atoms with Crippen LogP contribution in [0.25, 0.3) is 0 Å². The molecular weight excluding hydrogens is 357 g/mol. The molecule has 5 heteroatoms. The van der Waals surface area contributed by atoms with Crippen molar-refractivity contribution < 1.29 is 4.39 Å². The average Bonchev–Trinajstić information content (AvgIpc) is 2.08. The van der Waals surface area contributed by atoms with Gasteiger partial charge in [-0.05, 0) is 53.9 Å². The first-order valence-electron chi connectivity index (χ1n) is 2.81. The van der Waals surface area contributed by atoms with Gasteiger partial charge in [0.2, 0.25) is 0 Å². The molecule has 1 aromatic carbocycles. The molecule has 0 radical (unpaired) electrons. The lowest BCUT2D eigenvalue weighted by atomic mass is 10.2. The van der Waals surface area contributed by atoms with E-state index in [9.17, 15) is 4.39 Å². The Morgan fingerprint density at radius 3 is 2.33 bits per heavy atom.